The number of H-pyrrole nitrogens is 1. The first kappa shape index (κ1) is 14.6. The third-order valence-corrected chi connectivity index (χ3v) is 2.85. The Balaban J connectivity index is 2.31. The zero-order chi connectivity index (χ0) is 15.4. The lowest BCUT2D eigenvalue weighted by molar-refractivity contribution is -0.140. The number of aromatic amines is 1. The summed E-state index contributed by atoms with van der Waals surface area (Å²) in [5.41, 5.74) is 0.101. The third kappa shape index (κ3) is 3.41. The van der Waals surface area contributed by atoms with Crippen molar-refractivity contribution in [2.75, 3.05) is 11.4 Å². The minimum atomic E-state index is -1.05. The van der Waals surface area contributed by atoms with Crippen LogP contribution in [0.25, 0.3) is 0 Å². The highest BCUT2D eigenvalue weighted by atomic mass is 19.1. The van der Waals surface area contributed by atoms with Gasteiger partial charge in [0.2, 0.25) is 5.95 Å². The minimum absolute atomic E-state index is 0.101. The lowest BCUT2D eigenvalue weighted by Crippen LogP contribution is -2.37. The first-order chi connectivity index (χ1) is 9.99. The molecule has 1 amide bonds. The van der Waals surface area contributed by atoms with Gasteiger partial charge in [-0.05, 0) is 18.2 Å². The molecule has 2 aromatic rings. The molecule has 0 fully saturated rings. The number of hydrogen-bond donors (Lipinski definition) is 2. The molecule has 2 rings (SSSR count). The lowest BCUT2D eigenvalue weighted by atomic mass is 10.1. The molecule has 1 unspecified atom stereocenters. The maximum absolute atomic E-state index is 13.2. The first-order valence-electron chi connectivity index (χ1n) is 6.14. The molecule has 0 radical (unpaired) electrons. The molecule has 0 saturated heterocycles. The van der Waals surface area contributed by atoms with Gasteiger partial charge in [0.25, 0.3) is 5.91 Å². The van der Waals surface area contributed by atoms with Crippen LogP contribution in [0, 0.1) is 11.7 Å². The van der Waals surface area contributed by atoms with Crippen molar-refractivity contribution in [2.45, 2.75) is 6.92 Å². The Morgan fingerprint density at radius 3 is 2.81 bits per heavy atom. The average Bonchev–Trinajstić information content (AvgIpc) is 2.97. The summed E-state index contributed by atoms with van der Waals surface area (Å²) in [7, 11) is 0. The van der Waals surface area contributed by atoms with Gasteiger partial charge >= 0.3 is 5.97 Å². The average molecular weight is 292 g/mol. The molecule has 0 aliphatic rings. The van der Waals surface area contributed by atoms with Crippen molar-refractivity contribution in [3.05, 3.63) is 42.0 Å². The van der Waals surface area contributed by atoms with E-state index in [-0.39, 0.29) is 18.1 Å². The Labute approximate surface area is 119 Å². The quantitative estimate of drug-likeness (QED) is 0.865. The number of carbonyl (C=O) groups excluding carboxylic acids is 1. The number of aliphatic carboxylic acids is 1. The molecule has 0 saturated carbocycles. The highest BCUT2D eigenvalue weighted by Gasteiger charge is 2.25. The Hall–Kier alpha value is -2.77. The minimum Gasteiger partial charge on any atom is -0.481 e. The van der Waals surface area contributed by atoms with Crippen LogP contribution in [0.2, 0.25) is 0 Å². The van der Waals surface area contributed by atoms with Gasteiger partial charge in [-0.3, -0.25) is 14.5 Å². The molecular weight excluding hydrogens is 279 g/mol. The summed E-state index contributed by atoms with van der Waals surface area (Å²) in [4.78, 5) is 28.4. The van der Waals surface area contributed by atoms with E-state index < -0.39 is 23.6 Å². The molecule has 1 heterocycles. The van der Waals surface area contributed by atoms with E-state index in [0.717, 1.165) is 11.0 Å². The standard InChI is InChI=1S/C13H13FN4O3/c1-8(12(20)21)6-18(13-15-7-16-17-13)11(19)9-3-2-4-10(14)5-9/h2-5,7-8H,6H2,1H3,(H,20,21)(H,15,16,17). The van der Waals surface area contributed by atoms with Gasteiger partial charge in [0.1, 0.15) is 12.1 Å². The van der Waals surface area contributed by atoms with Gasteiger partial charge in [-0.2, -0.15) is 10.1 Å². The van der Waals surface area contributed by atoms with Gasteiger partial charge in [0.15, 0.2) is 0 Å². The number of nitrogens with one attached hydrogen (secondary N) is 1. The molecule has 7 nitrogen and oxygen atoms in total. The molecular formula is C13H13FN4O3. The van der Waals surface area contributed by atoms with Gasteiger partial charge in [-0.15, -0.1) is 0 Å². The predicted molar refractivity (Wildman–Crippen MR) is 71.3 cm³/mol. The zero-order valence-electron chi connectivity index (χ0n) is 11.2. The molecule has 21 heavy (non-hydrogen) atoms. The lowest BCUT2D eigenvalue weighted by Gasteiger charge is -2.21. The second kappa shape index (κ2) is 6.12. The van der Waals surface area contributed by atoms with Crippen LogP contribution in [-0.4, -0.2) is 38.7 Å². The maximum atomic E-state index is 13.2. The molecule has 0 bridgehead atoms. The summed E-state index contributed by atoms with van der Waals surface area (Å²) >= 11 is 0. The first-order valence-corrected chi connectivity index (χ1v) is 6.14. The van der Waals surface area contributed by atoms with Crippen molar-refractivity contribution in [3.63, 3.8) is 0 Å². The number of rotatable bonds is 5. The SMILES string of the molecule is CC(CN(C(=O)c1cccc(F)c1)c1ncn[nH]1)C(=O)O. The second-order valence-corrected chi connectivity index (χ2v) is 4.47. The summed E-state index contributed by atoms with van der Waals surface area (Å²) in [5.74, 6) is -2.86. The highest BCUT2D eigenvalue weighted by Crippen LogP contribution is 2.15. The molecule has 0 aliphatic heterocycles. The maximum Gasteiger partial charge on any atom is 0.308 e. The van der Waals surface area contributed by atoms with E-state index in [9.17, 15) is 14.0 Å². The monoisotopic (exact) mass is 292 g/mol. The summed E-state index contributed by atoms with van der Waals surface area (Å²) in [6.07, 6.45) is 1.20. The van der Waals surface area contributed by atoms with E-state index in [0.29, 0.717) is 0 Å². The highest BCUT2D eigenvalue weighted by molar-refractivity contribution is 6.05. The predicted octanol–water partition coefficient (Wildman–Crippen LogP) is 1.31. The number of amides is 1. The Kier molecular flexibility index (Phi) is 4.27. The van der Waals surface area contributed by atoms with Crippen LogP contribution >= 0.6 is 0 Å². The van der Waals surface area contributed by atoms with E-state index in [1.807, 2.05) is 0 Å². The molecule has 1 atom stereocenters. The van der Waals surface area contributed by atoms with E-state index in [1.165, 1.54) is 31.5 Å². The Morgan fingerprint density at radius 1 is 1.48 bits per heavy atom. The molecule has 1 aromatic heterocycles. The normalized spacial score (nSPS) is 11.9. The summed E-state index contributed by atoms with van der Waals surface area (Å²) < 4.78 is 13.2. The van der Waals surface area contributed by atoms with Crippen molar-refractivity contribution in [2.24, 2.45) is 5.92 Å². The molecule has 8 heteroatoms. The number of carbonyl (C=O) groups is 2. The zero-order valence-corrected chi connectivity index (χ0v) is 11.2. The third-order valence-electron chi connectivity index (χ3n) is 2.85. The topological polar surface area (TPSA) is 99.2 Å². The second-order valence-electron chi connectivity index (χ2n) is 4.47. The summed E-state index contributed by atoms with van der Waals surface area (Å²) in [6.45, 7) is 1.35. The number of anilines is 1. The number of benzene rings is 1. The van der Waals surface area contributed by atoms with Crippen molar-refractivity contribution >= 4 is 17.8 Å². The number of carboxylic acid groups (broad SMARTS) is 1. The fourth-order valence-corrected chi connectivity index (χ4v) is 1.72. The molecule has 0 spiro atoms. The van der Waals surface area contributed by atoms with E-state index >= 15 is 0 Å². The molecule has 1 aromatic carbocycles. The van der Waals surface area contributed by atoms with Crippen LogP contribution in [0.3, 0.4) is 0 Å². The number of nitrogens with zero attached hydrogens (tertiary/aromatic N) is 3. The van der Waals surface area contributed by atoms with E-state index in [1.54, 1.807) is 0 Å². The Morgan fingerprint density at radius 2 is 2.24 bits per heavy atom. The number of carboxylic acids is 1. The van der Waals surface area contributed by atoms with Crippen LogP contribution in [-0.2, 0) is 4.79 Å². The largest absolute Gasteiger partial charge is 0.481 e. The molecule has 0 aliphatic carbocycles. The van der Waals surface area contributed by atoms with Gasteiger partial charge in [0, 0.05) is 12.1 Å². The van der Waals surface area contributed by atoms with E-state index in [2.05, 4.69) is 15.2 Å². The fourth-order valence-electron chi connectivity index (χ4n) is 1.72. The fraction of sp³-hybridized carbons (Fsp3) is 0.231. The van der Waals surface area contributed by atoms with Gasteiger partial charge < -0.3 is 5.11 Å². The van der Waals surface area contributed by atoms with Crippen LogP contribution in [0.5, 0.6) is 0 Å². The van der Waals surface area contributed by atoms with Crippen molar-refractivity contribution < 1.29 is 19.1 Å². The van der Waals surface area contributed by atoms with Crippen LogP contribution in [0.1, 0.15) is 17.3 Å². The molecule has 2 N–H and O–H groups in total. The smallest absolute Gasteiger partial charge is 0.308 e. The van der Waals surface area contributed by atoms with Crippen molar-refractivity contribution in [1.29, 1.82) is 0 Å². The summed E-state index contributed by atoms with van der Waals surface area (Å²) in [5, 5.41) is 15.1. The van der Waals surface area contributed by atoms with Gasteiger partial charge in [0.05, 0.1) is 5.92 Å². The Bertz CT molecular complexity index is 645. The number of hydrogen-bond acceptors (Lipinski definition) is 4. The number of halogens is 1. The van der Waals surface area contributed by atoms with E-state index in [4.69, 9.17) is 5.11 Å². The van der Waals surface area contributed by atoms with Crippen molar-refractivity contribution in [3.8, 4) is 0 Å². The van der Waals surface area contributed by atoms with Crippen molar-refractivity contribution in [1.82, 2.24) is 15.2 Å². The van der Waals surface area contributed by atoms with Gasteiger partial charge in [-0.1, -0.05) is 13.0 Å². The van der Waals surface area contributed by atoms with Crippen LogP contribution in [0.4, 0.5) is 10.3 Å². The molecule has 110 valence electrons. The van der Waals surface area contributed by atoms with Gasteiger partial charge in [-0.25, -0.2) is 9.49 Å². The van der Waals surface area contributed by atoms with Crippen LogP contribution < -0.4 is 4.90 Å². The summed E-state index contributed by atoms with van der Waals surface area (Å²) in [6, 6.07) is 5.15. The number of aromatic nitrogens is 3. The van der Waals surface area contributed by atoms with Crippen LogP contribution in [0.15, 0.2) is 30.6 Å².